The smallest absolute Gasteiger partial charge is 0.203 e. The van der Waals surface area contributed by atoms with E-state index in [2.05, 4.69) is 17.3 Å². The number of aliphatic imine (C=N–C) groups is 1. The lowest BCUT2D eigenvalue weighted by Crippen LogP contribution is -2.40. The van der Waals surface area contributed by atoms with Gasteiger partial charge in [0, 0.05) is 0 Å². The van der Waals surface area contributed by atoms with E-state index in [1.807, 2.05) is 0 Å². The molecule has 5 N–H and O–H groups in total. The molecule has 0 aromatic rings. The van der Waals surface area contributed by atoms with Crippen molar-refractivity contribution in [3.8, 4) is 0 Å². The molecule has 0 radical (unpaired) electrons. The van der Waals surface area contributed by atoms with Crippen molar-refractivity contribution in [2.24, 2.45) is 16.6 Å². The van der Waals surface area contributed by atoms with Crippen LogP contribution in [0.5, 0.6) is 0 Å². The minimum atomic E-state index is 0.0225. The molecule has 0 bridgehead atoms. The number of hydrogen-bond donors (Lipinski definition) is 3. The highest BCUT2D eigenvalue weighted by molar-refractivity contribution is 5.77. The number of hydrazine groups is 1. The van der Waals surface area contributed by atoms with Gasteiger partial charge in [-0.15, -0.1) is 0 Å². The van der Waals surface area contributed by atoms with Gasteiger partial charge in [0.2, 0.25) is 5.96 Å². The maximum Gasteiger partial charge on any atom is 0.203 e. The summed E-state index contributed by atoms with van der Waals surface area (Å²) >= 11 is 0. The zero-order valence-corrected chi connectivity index (χ0v) is 7.64. The molecule has 0 heterocycles. The summed E-state index contributed by atoms with van der Waals surface area (Å²) < 4.78 is 0. The zero-order valence-electron chi connectivity index (χ0n) is 7.64. The van der Waals surface area contributed by atoms with Gasteiger partial charge in [0.15, 0.2) is 0 Å². The Morgan fingerprint density at radius 3 is 2.42 bits per heavy atom. The summed E-state index contributed by atoms with van der Waals surface area (Å²) in [5.74, 6) is 5.49. The third-order valence-corrected chi connectivity index (χ3v) is 2.47. The Morgan fingerprint density at radius 1 is 1.33 bits per heavy atom. The Hall–Kier alpha value is -0.770. The third kappa shape index (κ3) is 2.37. The molecule has 12 heavy (non-hydrogen) atoms. The summed E-state index contributed by atoms with van der Waals surface area (Å²) in [5, 5.41) is 0. The van der Waals surface area contributed by atoms with Crippen molar-refractivity contribution in [2.45, 2.75) is 44.6 Å². The van der Waals surface area contributed by atoms with Crippen molar-refractivity contribution >= 4 is 5.96 Å². The monoisotopic (exact) mass is 170 g/mol. The maximum atomic E-state index is 5.50. The van der Waals surface area contributed by atoms with Gasteiger partial charge in [0.25, 0.3) is 0 Å². The fourth-order valence-electron chi connectivity index (χ4n) is 1.75. The quantitative estimate of drug-likeness (QED) is 0.232. The van der Waals surface area contributed by atoms with Crippen LogP contribution in [0.1, 0.15) is 39.0 Å². The van der Waals surface area contributed by atoms with Crippen molar-refractivity contribution in [1.82, 2.24) is 5.43 Å². The van der Waals surface area contributed by atoms with E-state index >= 15 is 0 Å². The SMILES string of the molecule is CC1(N=C(N)NN)CCCCC1. The molecule has 0 spiro atoms. The van der Waals surface area contributed by atoms with E-state index in [9.17, 15) is 0 Å². The molecule has 4 heteroatoms. The highest BCUT2D eigenvalue weighted by Crippen LogP contribution is 2.30. The fraction of sp³-hybridized carbons (Fsp3) is 0.875. The molecule has 0 aliphatic heterocycles. The average Bonchev–Trinajstić information content (AvgIpc) is 2.05. The third-order valence-electron chi connectivity index (χ3n) is 2.47. The predicted octanol–water partition coefficient (Wildman–Crippen LogP) is 0.487. The van der Waals surface area contributed by atoms with Crippen LogP contribution < -0.4 is 17.0 Å². The first-order chi connectivity index (χ1) is 5.66. The molecule has 1 rings (SSSR count). The molecular formula is C8H18N4. The van der Waals surface area contributed by atoms with E-state index < -0.39 is 0 Å². The van der Waals surface area contributed by atoms with Crippen LogP contribution in [0.3, 0.4) is 0 Å². The van der Waals surface area contributed by atoms with Crippen molar-refractivity contribution in [3.05, 3.63) is 0 Å². The summed E-state index contributed by atoms with van der Waals surface area (Å²) in [6.45, 7) is 2.14. The Kier molecular flexibility index (Phi) is 2.92. The predicted molar refractivity (Wildman–Crippen MR) is 50.4 cm³/mol. The van der Waals surface area contributed by atoms with Crippen LogP contribution in [0, 0.1) is 0 Å². The molecule has 0 unspecified atom stereocenters. The van der Waals surface area contributed by atoms with Gasteiger partial charge in [-0.25, -0.2) is 10.8 Å². The van der Waals surface area contributed by atoms with Crippen molar-refractivity contribution < 1.29 is 0 Å². The Balaban J connectivity index is 2.57. The number of nitrogens with one attached hydrogen (secondary N) is 1. The molecule has 1 saturated carbocycles. The second-order valence-electron chi connectivity index (χ2n) is 3.70. The number of guanidine groups is 1. The minimum absolute atomic E-state index is 0.0225. The first kappa shape index (κ1) is 9.32. The van der Waals surface area contributed by atoms with Crippen molar-refractivity contribution in [2.75, 3.05) is 0 Å². The van der Waals surface area contributed by atoms with Gasteiger partial charge in [-0.2, -0.15) is 0 Å². The standard InChI is InChI=1S/C8H18N4/c1-8(11-7(9)12-10)5-3-2-4-6-8/h2-6,10H2,1H3,(H3,9,11,12). The van der Waals surface area contributed by atoms with Gasteiger partial charge in [-0.1, -0.05) is 19.3 Å². The van der Waals surface area contributed by atoms with E-state index in [0.717, 1.165) is 12.8 Å². The van der Waals surface area contributed by atoms with Gasteiger partial charge >= 0.3 is 0 Å². The Bertz CT molecular complexity index is 170. The van der Waals surface area contributed by atoms with Crippen LogP contribution in [-0.2, 0) is 0 Å². The average molecular weight is 170 g/mol. The lowest BCUT2D eigenvalue weighted by Gasteiger charge is -2.29. The second-order valence-corrected chi connectivity index (χ2v) is 3.70. The topological polar surface area (TPSA) is 76.4 Å². The van der Waals surface area contributed by atoms with Crippen LogP contribution in [0.4, 0.5) is 0 Å². The van der Waals surface area contributed by atoms with E-state index in [1.54, 1.807) is 0 Å². The lowest BCUT2D eigenvalue weighted by molar-refractivity contribution is 0.324. The summed E-state index contributed by atoms with van der Waals surface area (Å²) in [5.41, 5.74) is 7.89. The second kappa shape index (κ2) is 3.76. The lowest BCUT2D eigenvalue weighted by atomic mass is 9.84. The molecule has 1 fully saturated rings. The van der Waals surface area contributed by atoms with E-state index in [4.69, 9.17) is 11.6 Å². The van der Waals surface area contributed by atoms with Gasteiger partial charge in [0.05, 0.1) is 5.54 Å². The van der Waals surface area contributed by atoms with Crippen LogP contribution in [0.2, 0.25) is 0 Å². The normalized spacial score (nSPS) is 23.7. The van der Waals surface area contributed by atoms with Crippen molar-refractivity contribution in [3.63, 3.8) is 0 Å². The molecule has 0 saturated heterocycles. The molecule has 0 aromatic carbocycles. The molecule has 1 aliphatic carbocycles. The molecule has 1 aliphatic rings. The van der Waals surface area contributed by atoms with Crippen molar-refractivity contribution in [1.29, 1.82) is 0 Å². The van der Waals surface area contributed by atoms with Crippen LogP contribution >= 0.6 is 0 Å². The summed E-state index contributed by atoms with van der Waals surface area (Å²) in [6, 6.07) is 0. The Labute approximate surface area is 73.4 Å². The molecule has 70 valence electrons. The molecule has 0 amide bonds. The van der Waals surface area contributed by atoms with Crippen LogP contribution in [0.15, 0.2) is 4.99 Å². The highest BCUT2D eigenvalue weighted by atomic mass is 15.3. The number of nitrogens with zero attached hydrogens (tertiary/aromatic N) is 1. The first-order valence-electron chi connectivity index (χ1n) is 4.48. The van der Waals surface area contributed by atoms with Gasteiger partial charge in [0.1, 0.15) is 0 Å². The Morgan fingerprint density at radius 2 is 1.92 bits per heavy atom. The van der Waals surface area contributed by atoms with E-state index in [0.29, 0.717) is 5.96 Å². The van der Waals surface area contributed by atoms with Crippen LogP contribution in [-0.4, -0.2) is 11.5 Å². The first-order valence-corrected chi connectivity index (χ1v) is 4.48. The van der Waals surface area contributed by atoms with E-state index in [1.165, 1.54) is 19.3 Å². The van der Waals surface area contributed by atoms with Gasteiger partial charge in [-0.05, 0) is 19.8 Å². The number of rotatable bonds is 1. The highest BCUT2D eigenvalue weighted by Gasteiger charge is 2.25. The summed E-state index contributed by atoms with van der Waals surface area (Å²) in [7, 11) is 0. The minimum Gasteiger partial charge on any atom is -0.369 e. The molecule has 0 aromatic heterocycles. The van der Waals surface area contributed by atoms with Gasteiger partial charge in [-0.3, -0.25) is 5.43 Å². The number of nitrogens with two attached hydrogens (primary N) is 2. The summed E-state index contributed by atoms with van der Waals surface area (Å²) in [6.07, 6.45) is 6.06. The molecular weight excluding hydrogens is 152 g/mol. The van der Waals surface area contributed by atoms with Gasteiger partial charge < -0.3 is 5.73 Å². The largest absolute Gasteiger partial charge is 0.369 e. The van der Waals surface area contributed by atoms with E-state index in [-0.39, 0.29) is 5.54 Å². The zero-order chi connectivity index (χ0) is 9.03. The fourth-order valence-corrected chi connectivity index (χ4v) is 1.75. The summed E-state index contributed by atoms with van der Waals surface area (Å²) in [4.78, 5) is 4.34. The molecule has 0 atom stereocenters. The molecule has 4 nitrogen and oxygen atoms in total. The maximum absolute atomic E-state index is 5.50. The van der Waals surface area contributed by atoms with Crippen LogP contribution in [0.25, 0.3) is 0 Å². The number of hydrogen-bond acceptors (Lipinski definition) is 2.